The van der Waals surface area contributed by atoms with Crippen molar-refractivity contribution in [2.24, 2.45) is 0 Å². The largest absolute Gasteiger partial charge is 0.387 e. The van der Waals surface area contributed by atoms with Gasteiger partial charge in [-0.15, -0.1) is 0 Å². The highest BCUT2D eigenvalue weighted by Crippen LogP contribution is 2.25. The number of aliphatic hydroxyl groups is 1. The Hall–Kier alpha value is -1.88. The number of nitrogens with one attached hydrogen (secondary N) is 2. The van der Waals surface area contributed by atoms with Gasteiger partial charge in [0.2, 0.25) is 11.8 Å². The number of anilines is 2. The van der Waals surface area contributed by atoms with Gasteiger partial charge in [-0.1, -0.05) is 0 Å². The molecule has 2 rings (SSSR count). The third-order valence-electron chi connectivity index (χ3n) is 2.16. The average molecular weight is 206 g/mol. The van der Waals surface area contributed by atoms with E-state index in [9.17, 15) is 9.59 Å². The summed E-state index contributed by atoms with van der Waals surface area (Å²) in [5.74, 6) is -0.511. The summed E-state index contributed by atoms with van der Waals surface area (Å²) < 4.78 is 0. The number of carbonyl (C=O) groups is 2. The highest BCUT2D eigenvalue weighted by molar-refractivity contribution is 6.00. The number of hydrogen-bond acceptors (Lipinski definition) is 3. The second kappa shape index (κ2) is 3.70. The van der Waals surface area contributed by atoms with Gasteiger partial charge in [-0.05, 0) is 23.8 Å². The Morgan fingerprint density at radius 1 is 1.53 bits per heavy atom. The molecule has 0 radical (unpaired) electrons. The summed E-state index contributed by atoms with van der Waals surface area (Å²) in [5.41, 5.74) is 2.22. The summed E-state index contributed by atoms with van der Waals surface area (Å²) in [6.07, 6.45) is 0.332. The molecule has 78 valence electrons. The van der Waals surface area contributed by atoms with Crippen LogP contribution in [0.3, 0.4) is 0 Å². The zero-order valence-electron chi connectivity index (χ0n) is 7.91. The molecule has 3 N–H and O–H groups in total. The van der Waals surface area contributed by atoms with Gasteiger partial charge in [-0.2, -0.15) is 0 Å². The van der Waals surface area contributed by atoms with Crippen molar-refractivity contribution in [3.8, 4) is 0 Å². The number of rotatable bonds is 2. The van der Waals surface area contributed by atoms with Crippen LogP contribution in [0.1, 0.15) is 5.56 Å². The van der Waals surface area contributed by atoms with Crippen LogP contribution in [0, 0.1) is 0 Å². The monoisotopic (exact) mass is 206 g/mol. The van der Waals surface area contributed by atoms with Gasteiger partial charge in [-0.25, -0.2) is 0 Å². The predicted octanol–water partition coefficient (Wildman–Crippen LogP) is 0.112. The van der Waals surface area contributed by atoms with Crippen LogP contribution in [-0.2, 0) is 16.0 Å². The molecule has 1 aliphatic rings. The van der Waals surface area contributed by atoms with Gasteiger partial charge in [0.05, 0.1) is 6.42 Å². The fourth-order valence-corrected chi connectivity index (χ4v) is 1.51. The van der Waals surface area contributed by atoms with Crippen molar-refractivity contribution in [1.82, 2.24) is 0 Å². The van der Waals surface area contributed by atoms with Crippen molar-refractivity contribution in [1.29, 1.82) is 0 Å². The predicted molar refractivity (Wildman–Crippen MR) is 54.5 cm³/mol. The Labute approximate surface area is 86.1 Å². The molecule has 2 amide bonds. The van der Waals surface area contributed by atoms with Crippen LogP contribution in [0.2, 0.25) is 0 Å². The lowest BCUT2D eigenvalue weighted by Crippen LogP contribution is -2.15. The first-order valence-corrected chi connectivity index (χ1v) is 4.52. The molecule has 0 aliphatic carbocycles. The number of amides is 2. The molecule has 0 saturated carbocycles. The number of fused-ring (bicyclic) bond motifs is 1. The molecule has 0 aromatic heterocycles. The van der Waals surface area contributed by atoms with Gasteiger partial charge < -0.3 is 15.7 Å². The second-order valence-electron chi connectivity index (χ2n) is 3.30. The number of hydrogen-bond donors (Lipinski definition) is 3. The maximum absolute atomic E-state index is 11.1. The summed E-state index contributed by atoms with van der Waals surface area (Å²) in [7, 11) is 0. The fraction of sp³-hybridized carbons (Fsp3) is 0.200. The first-order chi connectivity index (χ1) is 7.19. The van der Waals surface area contributed by atoms with E-state index in [1.54, 1.807) is 18.2 Å². The molecular weight excluding hydrogens is 196 g/mol. The van der Waals surface area contributed by atoms with Crippen LogP contribution in [0.5, 0.6) is 0 Å². The number of aliphatic hydroxyl groups excluding tert-OH is 1. The van der Waals surface area contributed by atoms with Crippen molar-refractivity contribution in [3.63, 3.8) is 0 Å². The van der Waals surface area contributed by atoms with Crippen LogP contribution in [-0.4, -0.2) is 23.5 Å². The van der Waals surface area contributed by atoms with Crippen LogP contribution >= 0.6 is 0 Å². The molecule has 0 bridgehead atoms. The Morgan fingerprint density at radius 3 is 3.07 bits per heavy atom. The minimum Gasteiger partial charge on any atom is -0.387 e. The van der Waals surface area contributed by atoms with E-state index < -0.39 is 12.5 Å². The zero-order chi connectivity index (χ0) is 10.8. The standard InChI is InChI=1S/C10H10N2O3/c13-5-10(15)11-7-1-2-8-6(3-7)4-9(14)12-8/h1-3,13H,4-5H2,(H,11,15)(H,12,14). The van der Waals surface area contributed by atoms with Gasteiger partial charge >= 0.3 is 0 Å². The molecule has 0 saturated heterocycles. The molecule has 0 unspecified atom stereocenters. The molecular formula is C10H10N2O3. The van der Waals surface area contributed by atoms with Crippen molar-refractivity contribution < 1.29 is 14.7 Å². The molecule has 0 fully saturated rings. The summed E-state index contributed by atoms with van der Waals surface area (Å²) in [5, 5.41) is 13.8. The van der Waals surface area contributed by atoms with Crippen molar-refractivity contribution in [2.75, 3.05) is 17.2 Å². The van der Waals surface area contributed by atoms with Gasteiger partial charge in [0.25, 0.3) is 0 Å². The van der Waals surface area contributed by atoms with Crippen molar-refractivity contribution in [2.45, 2.75) is 6.42 Å². The normalized spacial score (nSPS) is 13.3. The lowest BCUT2D eigenvalue weighted by Gasteiger charge is -2.04. The topological polar surface area (TPSA) is 78.4 Å². The number of carbonyl (C=O) groups excluding carboxylic acids is 2. The van der Waals surface area contributed by atoms with E-state index in [0.717, 1.165) is 11.3 Å². The van der Waals surface area contributed by atoms with E-state index in [1.807, 2.05) is 0 Å². The first-order valence-electron chi connectivity index (χ1n) is 4.52. The highest BCUT2D eigenvalue weighted by atomic mass is 16.3. The maximum Gasteiger partial charge on any atom is 0.250 e. The van der Waals surface area contributed by atoms with Gasteiger partial charge in [-0.3, -0.25) is 9.59 Å². The lowest BCUT2D eigenvalue weighted by molar-refractivity contribution is -0.118. The summed E-state index contributed by atoms with van der Waals surface area (Å²) >= 11 is 0. The Morgan fingerprint density at radius 2 is 2.33 bits per heavy atom. The van der Waals surface area contributed by atoms with E-state index in [-0.39, 0.29) is 5.91 Å². The molecule has 0 spiro atoms. The van der Waals surface area contributed by atoms with Gasteiger partial charge in [0.15, 0.2) is 0 Å². The zero-order valence-corrected chi connectivity index (χ0v) is 7.91. The molecule has 15 heavy (non-hydrogen) atoms. The molecule has 1 heterocycles. The Kier molecular flexibility index (Phi) is 2.39. The highest BCUT2D eigenvalue weighted by Gasteiger charge is 2.17. The Balaban J connectivity index is 2.20. The van der Waals surface area contributed by atoms with Gasteiger partial charge in [0, 0.05) is 11.4 Å². The minimum absolute atomic E-state index is 0.0457. The lowest BCUT2D eigenvalue weighted by atomic mass is 10.1. The molecule has 0 atom stereocenters. The molecule has 5 heteroatoms. The van der Waals surface area contributed by atoms with Crippen LogP contribution in [0.15, 0.2) is 18.2 Å². The van der Waals surface area contributed by atoms with Crippen LogP contribution in [0.4, 0.5) is 11.4 Å². The maximum atomic E-state index is 11.1. The average Bonchev–Trinajstić information content (AvgIpc) is 2.57. The molecule has 1 aliphatic heterocycles. The summed E-state index contributed by atoms with van der Waals surface area (Å²) in [6, 6.07) is 5.13. The van der Waals surface area contributed by atoms with Crippen molar-refractivity contribution >= 4 is 23.2 Å². The SMILES string of the molecule is O=C(CO)Nc1ccc2c(c1)CC(=O)N2. The molecule has 1 aromatic carbocycles. The van der Waals surface area contributed by atoms with E-state index in [1.165, 1.54) is 0 Å². The van der Waals surface area contributed by atoms with Crippen LogP contribution in [0.25, 0.3) is 0 Å². The minimum atomic E-state index is -0.547. The number of benzene rings is 1. The van der Waals surface area contributed by atoms with Gasteiger partial charge in [0.1, 0.15) is 6.61 Å². The van der Waals surface area contributed by atoms with E-state index >= 15 is 0 Å². The Bertz CT molecular complexity index is 429. The quantitative estimate of drug-likeness (QED) is 0.642. The smallest absolute Gasteiger partial charge is 0.250 e. The molecule has 1 aromatic rings. The van der Waals surface area contributed by atoms with E-state index in [2.05, 4.69) is 10.6 Å². The summed E-state index contributed by atoms with van der Waals surface area (Å²) in [4.78, 5) is 22.0. The van der Waals surface area contributed by atoms with Crippen molar-refractivity contribution in [3.05, 3.63) is 23.8 Å². The third kappa shape index (κ3) is 1.97. The first kappa shape index (κ1) is 9.67. The summed E-state index contributed by atoms with van der Waals surface area (Å²) in [6.45, 7) is -0.547. The van der Waals surface area contributed by atoms with E-state index in [4.69, 9.17) is 5.11 Å². The molecule has 5 nitrogen and oxygen atoms in total. The van der Waals surface area contributed by atoms with Crippen LogP contribution < -0.4 is 10.6 Å². The van der Waals surface area contributed by atoms with E-state index in [0.29, 0.717) is 12.1 Å². The fourth-order valence-electron chi connectivity index (χ4n) is 1.51. The third-order valence-corrected chi connectivity index (χ3v) is 2.16. The second-order valence-corrected chi connectivity index (χ2v) is 3.30.